The predicted molar refractivity (Wildman–Crippen MR) is 117 cm³/mol. The van der Waals surface area contributed by atoms with Crippen molar-refractivity contribution in [3.8, 4) is 6.07 Å². The van der Waals surface area contributed by atoms with Crippen molar-refractivity contribution >= 4 is 39.2 Å². The Morgan fingerprint density at radius 3 is 2.78 bits per heavy atom. The largest absolute Gasteiger partial charge is 0.459 e. The minimum atomic E-state index is -0.878. The first kappa shape index (κ1) is 23.1. The van der Waals surface area contributed by atoms with E-state index in [1.807, 2.05) is 6.07 Å². The first-order valence-electron chi connectivity index (χ1n) is 9.73. The molecular formula is C20H22N6O5S. The molecule has 0 radical (unpaired) electrons. The van der Waals surface area contributed by atoms with Crippen LogP contribution < -0.4 is 10.9 Å². The molecule has 0 fully saturated rings. The smallest absolute Gasteiger partial charge is 0.348 e. The number of nitrogens with zero attached hydrogens (tertiary/aromatic N) is 5. The predicted octanol–water partition coefficient (Wildman–Crippen LogP) is 1.76. The number of nitriles is 1. The summed E-state index contributed by atoms with van der Waals surface area (Å²) in [5.74, 6) is -0.799. The van der Waals surface area contributed by atoms with Gasteiger partial charge in [0.1, 0.15) is 39.8 Å². The number of carbonyl (C=O) groups is 2. The molecule has 0 saturated carbocycles. The van der Waals surface area contributed by atoms with Crippen LogP contribution in [-0.2, 0) is 21.3 Å². The fraction of sp³-hybridized carbons (Fsp3) is 0.400. The monoisotopic (exact) mass is 458 g/mol. The summed E-state index contributed by atoms with van der Waals surface area (Å²) in [6.45, 7) is 3.76. The second-order valence-electron chi connectivity index (χ2n) is 6.88. The molecule has 3 aromatic rings. The SMILES string of the molecule is CCC(C(=O)Nc1c(C#N)cnn1C)n1cnc2sc(C(=O)OCCOC)c(C)c2c1=O. The molecule has 1 amide bonds. The average Bonchev–Trinajstić information content (AvgIpc) is 3.30. The number of amides is 1. The van der Waals surface area contributed by atoms with Gasteiger partial charge in [-0.2, -0.15) is 10.4 Å². The second-order valence-corrected chi connectivity index (χ2v) is 7.88. The standard InChI is InChI=1S/C20H22N6O5S/c1-5-13(17(27)24-16-12(8-21)9-23-25(16)3)26-10-22-18-14(19(26)28)11(2)15(32-18)20(29)31-7-6-30-4/h9-10,13H,5-7H2,1-4H3,(H,24,27). The number of hydrogen-bond donors (Lipinski definition) is 1. The first-order chi connectivity index (χ1) is 15.3. The van der Waals surface area contributed by atoms with Crippen molar-refractivity contribution in [1.29, 1.82) is 5.26 Å². The van der Waals surface area contributed by atoms with E-state index in [4.69, 9.17) is 9.47 Å². The van der Waals surface area contributed by atoms with Gasteiger partial charge in [0.2, 0.25) is 5.91 Å². The number of aromatic nitrogens is 4. The van der Waals surface area contributed by atoms with Crippen molar-refractivity contribution in [1.82, 2.24) is 19.3 Å². The summed E-state index contributed by atoms with van der Waals surface area (Å²) in [4.78, 5) is 43.6. The Kier molecular flexibility index (Phi) is 7.01. The first-order valence-corrected chi connectivity index (χ1v) is 10.5. The zero-order chi connectivity index (χ0) is 23.4. The Bertz CT molecular complexity index is 1270. The number of aryl methyl sites for hydroxylation is 2. The Labute approximate surface area is 187 Å². The van der Waals surface area contributed by atoms with Gasteiger partial charge in [-0.1, -0.05) is 6.92 Å². The van der Waals surface area contributed by atoms with Gasteiger partial charge in [0.15, 0.2) is 0 Å². The third kappa shape index (κ3) is 4.25. The van der Waals surface area contributed by atoms with Crippen molar-refractivity contribution in [2.24, 2.45) is 7.05 Å². The molecular weight excluding hydrogens is 436 g/mol. The quantitative estimate of drug-likeness (QED) is 0.398. The van der Waals surface area contributed by atoms with E-state index < -0.39 is 23.5 Å². The molecule has 0 spiro atoms. The van der Waals surface area contributed by atoms with Crippen LogP contribution in [0, 0.1) is 18.3 Å². The second kappa shape index (κ2) is 9.71. The lowest BCUT2D eigenvalue weighted by molar-refractivity contribution is -0.119. The molecule has 0 saturated heterocycles. The third-order valence-electron chi connectivity index (χ3n) is 4.91. The van der Waals surface area contributed by atoms with Gasteiger partial charge in [-0.05, 0) is 18.9 Å². The van der Waals surface area contributed by atoms with Crippen molar-refractivity contribution in [3.63, 3.8) is 0 Å². The van der Waals surface area contributed by atoms with Crippen LogP contribution in [0.3, 0.4) is 0 Å². The van der Waals surface area contributed by atoms with Gasteiger partial charge in [-0.15, -0.1) is 11.3 Å². The number of nitrogens with one attached hydrogen (secondary N) is 1. The number of rotatable bonds is 8. The summed E-state index contributed by atoms with van der Waals surface area (Å²) in [6, 6.07) is 1.09. The van der Waals surface area contributed by atoms with Crippen molar-refractivity contribution in [3.05, 3.63) is 38.9 Å². The lowest BCUT2D eigenvalue weighted by atomic mass is 10.1. The summed E-state index contributed by atoms with van der Waals surface area (Å²) >= 11 is 1.06. The average molecular weight is 459 g/mol. The Hall–Kier alpha value is -3.56. The zero-order valence-electron chi connectivity index (χ0n) is 18.0. The summed E-state index contributed by atoms with van der Waals surface area (Å²) in [5, 5.41) is 16.1. The van der Waals surface area contributed by atoms with E-state index in [1.165, 1.54) is 28.9 Å². The highest BCUT2D eigenvalue weighted by molar-refractivity contribution is 7.20. The fourth-order valence-corrected chi connectivity index (χ4v) is 4.25. The number of hydrogen-bond acceptors (Lipinski definition) is 9. The highest BCUT2D eigenvalue weighted by atomic mass is 32.1. The Balaban J connectivity index is 1.96. The molecule has 32 heavy (non-hydrogen) atoms. The number of esters is 1. The number of fused-ring (bicyclic) bond motifs is 1. The molecule has 0 aliphatic heterocycles. The maximum atomic E-state index is 13.3. The molecule has 0 aliphatic carbocycles. The number of ether oxygens (including phenoxy) is 2. The van der Waals surface area contributed by atoms with Crippen molar-refractivity contribution in [2.45, 2.75) is 26.3 Å². The summed E-state index contributed by atoms with van der Waals surface area (Å²) in [5.41, 5.74) is 0.224. The van der Waals surface area contributed by atoms with Gasteiger partial charge in [-0.3, -0.25) is 18.8 Å². The molecule has 3 heterocycles. The normalized spacial score (nSPS) is 11.8. The van der Waals surface area contributed by atoms with E-state index in [2.05, 4.69) is 15.4 Å². The van der Waals surface area contributed by atoms with Gasteiger partial charge < -0.3 is 14.8 Å². The van der Waals surface area contributed by atoms with Crippen LogP contribution >= 0.6 is 11.3 Å². The van der Waals surface area contributed by atoms with Gasteiger partial charge in [0, 0.05) is 14.2 Å². The van der Waals surface area contributed by atoms with Crippen LogP contribution in [0.15, 0.2) is 17.3 Å². The zero-order valence-corrected chi connectivity index (χ0v) is 18.9. The van der Waals surface area contributed by atoms with Crippen LogP contribution in [0.1, 0.15) is 40.2 Å². The highest BCUT2D eigenvalue weighted by Crippen LogP contribution is 2.28. The van der Waals surface area contributed by atoms with Crippen LogP contribution in [-0.4, -0.2) is 51.5 Å². The topological polar surface area (TPSA) is 141 Å². The van der Waals surface area contributed by atoms with Crippen LogP contribution in [0.2, 0.25) is 0 Å². The molecule has 1 atom stereocenters. The minimum Gasteiger partial charge on any atom is -0.459 e. The molecule has 0 aliphatic rings. The molecule has 3 aromatic heterocycles. The molecule has 0 aromatic carbocycles. The van der Waals surface area contributed by atoms with E-state index >= 15 is 0 Å². The number of anilines is 1. The van der Waals surface area contributed by atoms with Gasteiger partial charge in [-0.25, -0.2) is 9.78 Å². The Morgan fingerprint density at radius 1 is 1.38 bits per heavy atom. The van der Waals surface area contributed by atoms with Crippen LogP contribution in [0.4, 0.5) is 5.82 Å². The summed E-state index contributed by atoms with van der Waals surface area (Å²) in [7, 11) is 3.10. The Morgan fingerprint density at radius 2 is 2.12 bits per heavy atom. The lowest BCUT2D eigenvalue weighted by Crippen LogP contribution is -2.33. The molecule has 168 valence electrons. The molecule has 12 heteroatoms. The maximum absolute atomic E-state index is 13.3. The minimum absolute atomic E-state index is 0.0947. The lowest BCUT2D eigenvalue weighted by Gasteiger charge is -2.17. The van der Waals surface area contributed by atoms with Crippen molar-refractivity contribution < 1.29 is 19.1 Å². The molecule has 1 N–H and O–H groups in total. The molecule has 3 rings (SSSR count). The van der Waals surface area contributed by atoms with Gasteiger partial charge >= 0.3 is 5.97 Å². The summed E-state index contributed by atoms with van der Waals surface area (Å²) in [6.07, 6.45) is 2.94. The fourth-order valence-electron chi connectivity index (χ4n) is 3.21. The van der Waals surface area contributed by atoms with E-state index in [-0.39, 0.29) is 34.9 Å². The third-order valence-corrected chi connectivity index (χ3v) is 6.09. The van der Waals surface area contributed by atoms with Gasteiger partial charge in [0.05, 0.1) is 24.5 Å². The van der Waals surface area contributed by atoms with Crippen LogP contribution in [0.5, 0.6) is 0 Å². The van der Waals surface area contributed by atoms with E-state index in [0.29, 0.717) is 16.8 Å². The summed E-state index contributed by atoms with van der Waals surface area (Å²) < 4.78 is 12.6. The highest BCUT2D eigenvalue weighted by Gasteiger charge is 2.26. The number of methoxy groups -OCH3 is 1. The van der Waals surface area contributed by atoms with Crippen molar-refractivity contribution in [2.75, 3.05) is 25.6 Å². The van der Waals surface area contributed by atoms with Crippen LogP contribution in [0.25, 0.3) is 10.2 Å². The van der Waals surface area contributed by atoms with E-state index in [9.17, 15) is 19.6 Å². The maximum Gasteiger partial charge on any atom is 0.348 e. The number of carbonyl (C=O) groups excluding carboxylic acids is 2. The molecule has 11 nitrogen and oxygen atoms in total. The molecule has 0 bridgehead atoms. The number of thiophene rings is 1. The van der Waals surface area contributed by atoms with Gasteiger partial charge in [0.25, 0.3) is 5.56 Å². The van der Waals surface area contributed by atoms with E-state index in [1.54, 1.807) is 20.9 Å². The van der Waals surface area contributed by atoms with E-state index in [0.717, 1.165) is 11.3 Å². The molecule has 1 unspecified atom stereocenters.